The van der Waals surface area contributed by atoms with Crippen LogP contribution in [0.4, 0.5) is 0 Å². The molecule has 2 rings (SSSR count). The molecule has 2 atom stereocenters. The van der Waals surface area contributed by atoms with E-state index in [-0.39, 0.29) is 17.2 Å². The van der Waals surface area contributed by atoms with Crippen molar-refractivity contribution in [2.45, 2.75) is 46.6 Å². The van der Waals surface area contributed by atoms with Crippen LogP contribution in [0.2, 0.25) is 0 Å². The minimum absolute atomic E-state index is 0.0445. The molecule has 23 heavy (non-hydrogen) atoms. The molecule has 2 heterocycles. The maximum absolute atomic E-state index is 12.3. The highest BCUT2D eigenvalue weighted by Gasteiger charge is 2.33. The first kappa shape index (κ1) is 17.7. The number of carbonyl (C=O) groups is 2. The Bertz CT molecular complexity index is 567. The number of amides is 1. The Hall–Kier alpha value is -1.62. The van der Waals surface area contributed by atoms with Crippen molar-refractivity contribution in [3.05, 3.63) is 23.5 Å². The summed E-state index contributed by atoms with van der Waals surface area (Å²) >= 11 is 0. The van der Waals surface area contributed by atoms with Crippen molar-refractivity contribution in [1.82, 2.24) is 15.2 Å². The largest absolute Gasteiger partial charge is 0.356 e. The van der Waals surface area contributed by atoms with Gasteiger partial charge in [0.1, 0.15) is 5.69 Å². The summed E-state index contributed by atoms with van der Waals surface area (Å²) in [4.78, 5) is 28.9. The van der Waals surface area contributed by atoms with Gasteiger partial charge in [0.05, 0.1) is 0 Å². The summed E-state index contributed by atoms with van der Waals surface area (Å²) in [6, 6.07) is 1.61. The number of hydrogen-bond donors (Lipinski definition) is 2. The van der Waals surface area contributed by atoms with Gasteiger partial charge < -0.3 is 10.3 Å². The first-order valence-electron chi connectivity index (χ1n) is 8.41. The van der Waals surface area contributed by atoms with E-state index in [0.717, 1.165) is 13.1 Å². The fourth-order valence-electron chi connectivity index (χ4n) is 3.39. The Balaban J connectivity index is 1.95. The summed E-state index contributed by atoms with van der Waals surface area (Å²) in [5.41, 5.74) is 0.883. The lowest BCUT2D eigenvalue weighted by Crippen LogP contribution is -2.56. The Morgan fingerprint density at radius 2 is 1.91 bits per heavy atom. The first-order valence-corrected chi connectivity index (χ1v) is 8.41. The number of Topliss-reactive ketones (excluding diaryl/α,β-unsaturated/α-hetero) is 1. The topological polar surface area (TPSA) is 65.2 Å². The van der Waals surface area contributed by atoms with Gasteiger partial charge in [-0.25, -0.2) is 0 Å². The van der Waals surface area contributed by atoms with Crippen molar-refractivity contribution in [2.24, 2.45) is 11.8 Å². The lowest BCUT2D eigenvalue weighted by Gasteiger charge is -2.45. The molecule has 0 unspecified atom stereocenters. The van der Waals surface area contributed by atoms with E-state index in [0.29, 0.717) is 29.6 Å². The van der Waals surface area contributed by atoms with Crippen molar-refractivity contribution in [3.63, 3.8) is 0 Å². The number of hydrogen-bond acceptors (Lipinski definition) is 3. The third kappa shape index (κ3) is 4.44. The predicted octanol–water partition coefficient (Wildman–Crippen LogP) is 2.70. The van der Waals surface area contributed by atoms with Crippen molar-refractivity contribution in [3.8, 4) is 0 Å². The molecule has 1 aromatic rings. The van der Waals surface area contributed by atoms with Crippen LogP contribution >= 0.6 is 0 Å². The van der Waals surface area contributed by atoms with Crippen LogP contribution in [0.1, 0.15) is 61.9 Å². The van der Waals surface area contributed by atoms with E-state index in [1.165, 1.54) is 13.3 Å². The summed E-state index contributed by atoms with van der Waals surface area (Å²) < 4.78 is 0. The molecule has 0 bridgehead atoms. The molecule has 1 amide bonds. The second-order valence-corrected chi connectivity index (χ2v) is 7.70. The summed E-state index contributed by atoms with van der Waals surface area (Å²) in [6.07, 6.45) is 2.85. The zero-order valence-corrected chi connectivity index (χ0v) is 14.9. The predicted molar refractivity (Wildman–Crippen MR) is 91.7 cm³/mol. The van der Waals surface area contributed by atoms with E-state index < -0.39 is 0 Å². The van der Waals surface area contributed by atoms with Crippen LogP contribution in [-0.2, 0) is 0 Å². The Labute approximate surface area is 138 Å². The number of likely N-dealkylation sites (tertiary alicyclic amines) is 1. The standard InChI is InChI=1S/C18H29N3O2/c1-12-6-13(2)10-21(9-12)18(4,5)11-20-17(23)16-7-15(8-19-16)14(3)22/h7-8,12-13,19H,6,9-11H2,1-5H3,(H,20,23)/t12-,13-/m0/s1. The van der Waals surface area contributed by atoms with Gasteiger partial charge >= 0.3 is 0 Å². The van der Waals surface area contributed by atoms with E-state index >= 15 is 0 Å². The van der Waals surface area contributed by atoms with E-state index in [1.807, 2.05) is 0 Å². The quantitative estimate of drug-likeness (QED) is 0.820. The number of carbonyl (C=O) groups excluding carboxylic acids is 2. The minimum atomic E-state index is -0.163. The monoisotopic (exact) mass is 319 g/mol. The van der Waals surface area contributed by atoms with Gasteiger partial charge in [0.15, 0.2) is 5.78 Å². The Morgan fingerprint density at radius 1 is 1.30 bits per heavy atom. The zero-order valence-electron chi connectivity index (χ0n) is 14.9. The van der Waals surface area contributed by atoms with E-state index in [1.54, 1.807) is 12.3 Å². The molecule has 0 aliphatic carbocycles. The van der Waals surface area contributed by atoms with Gasteiger partial charge in [-0.15, -0.1) is 0 Å². The van der Waals surface area contributed by atoms with Crippen LogP contribution in [0, 0.1) is 11.8 Å². The molecule has 1 fully saturated rings. The molecular formula is C18H29N3O2. The number of H-pyrrole nitrogens is 1. The van der Waals surface area contributed by atoms with Crippen LogP contribution in [-0.4, -0.2) is 46.7 Å². The molecule has 1 aliphatic rings. The van der Waals surface area contributed by atoms with E-state index in [4.69, 9.17) is 0 Å². The average molecular weight is 319 g/mol. The smallest absolute Gasteiger partial charge is 0.267 e. The van der Waals surface area contributed by atoms with Gasteiger partial charge in [-0.3, -0.25) is 14.5 Å². The van der Waals surface area contributed by atoms with Crippen LogP contribution in [0.5, 0.6) is 0 Å². The molecule has 1 aromatic heterocycles. The van der Waals surface area contributed by atoms with Crippen LogP contribution in [0.25, 0.3) is 0 Å². The second-order valence-electron chi connectivity index (χ2n) is 7.70. The molecule has 2 N–H and O–H groups in total. The lowest BCUT2D eigenvalue weighted by molar-refractivity contribution is 0.0444. The van der Waals surface area contributed by atoms with E-state index in [9.17, 15) is 9.59 Å². The van der Waals surface area contributed by atoms with Gasteiger partial charge in [0.25, 0.3) is 5.91 Å². The normalized spacial score (nSPS) is 22.8. The fourth-order valence-corrected chi connectivity index (χ4v) is 3.39. The number of ketones is 1. The number of piperidine rings is 1. The molecule has 0 saturated carbocycles. The van der Waals surface area contributed by atoms with E-state index in [2.05, 4.69) is 42.9 Å². The molecule has 0 aromatic carbocycles. The molecule has 5 heteroatoms. The molecular weight excluding hydrogens is 290 g/mol. The maximum Gasteiger partial charge on any atom is 0.267 e. The molecule has 5 nitrogen and oxygen atoms in total. The number of aromatic amines is 1. The number of nitrogens with zero attached hydrogens (tertiary/aromatic N) is 1. The van der Waals surface area contributed by atoms with Crippen molar-refractivity contribution >= 4 is 11.7 Å². The molecule has 0 radical (unpaired) electrons. The SMILES string of the molecule is CC(=O)c1c[nH]c(C(=O)NCC(C)(C)N2C[C@@H](C)C[C@H](C)C2)c1. The average Bonchev–Trinajstić information content (AvgIpc) is 2.94. The summed E-state index contributed by atoms with van der Waals surface area (Å²) in [6.45, 7) is 13.2. The molecule has 1 saturated heterocycles. The second kappa shape index (κ2) is 6.87. The minimum Gasteiger partial charge on any atom is -0.356 e. The Morgan fingerprint density at radius 3 is 2.43 bits per heavy atom. The third-order valence-corrected chi connectivity index (χ3v) is 4.74. The lowest BCUT2D eigenvalue weighted by atomic mass is 9.88. The number of aromatic nitrogens is 1. The van der Waals surface area contributed by atoms with Crippen LogP contribution in [0.3, 0.4) is 0 Å². The maximum atomic E-state index is 12.3. The van der Waals surface area contributed by atoms with Gasteiger partial charge in [0.2, 0.25) is 0 Å². The van der Waals surface area contributed by atoms with Gasteiger partial charge in [-0.1, -0.05) is 13.8 Å². The van der Waals surface area contributed by atoms with Gasteiger partial charge in [-0.05, 0) is 45.1 Å². The van der Waals surface area contributed by atoms with Crippen molar-refractivity contribution in [2.75, 3.05) is 19.6 Å². The summed E-state index contributed by atoms with van der Waals surface area (Å²) in [7, 11) is 0. The Kier molecular flexibility index (Phi) is 5.30. The number of rotatable bonds is 5. The number of nitrogens with one attached hydrogen (secondary N) is 2. The highest BCUT2D eigenvalue weighted by atomic mass is 16.2. The molecule has 0 spiro atoms. The first-order chi connectivity index (χ1) is 10.7. The molecule has 1 aliphatic heterocycles. The zero-order chi connectivity index (χ0) is 17.2. The highest BCUT2D eigenvalue weighted by Crippen LogP contribution is 2.26. The highest BCUT2D eigenvalue weighted by molar-refractivity contribution is 5.99. The van der Waals surface area contributed by atoms with Crippen LogP contribution < -0.4 is 5.32 Å². The summed E-state index contributed by atoms with van der Waals surface area (Å²) in [5, 5.41) is 3.00. The van der Waals surface area contributed by atoms with Gasteiger partial charge in [0, 0.05) is 36.9 Å². The van der Waals surface area contributed by atoms with Crippen molar-refractivity contribution in [1.29, 1.82) is 0 Å². The third-order valence-electron chi connectivity index (χ3n) is 4.74. The van der Waals surface area contributed by atoms with Crippen LogP contribution in [0.15, 0.2) is 12.3 Å². The molecule has 128 valence electrons. The van der Waals surface area contributed by atoms with Crippen molar-refractivity contribution < 1.29 is 9.59 Å². The fraction of sp³-hybridized carbons (Fsp3) is 0.667. The summed E-state index contributed by atoms with van der Waals surface area (Å²) in [5.74, 6) is 1.17. The van der Waals surface area contributed by atoms with Gasteiger partial charge in [-0.2, -0.15) is 0 Å².